The minimum absolute atomic E-state index is 0.0292. The van der Waals surface area contributed by atoms with Crippen molar-refractivity contribution in [3.05, 3.63) is 71.0 Å². The van der Waals surface area contributed by atoms with E-state index in [1.54, 1.807) is 19.1 Å². The van der Waals surface area contributed by atoms with Gasteiger partial charge < -0.3 is 5.32 Å². The van der Waals surface area contributed by atoms with Crippen LogP contribution in [0.15, 0.2) is 59.8 Å². The zero-order chi connectivity index (χ0) is 22.8. The molecule has 1 saturated heterocycles. The van der Waals surface area contributed by atoms with Crippen molar-refractivity contribution in [2.75, 3.05) is 17.3 Å². The molecule has 0 aliphatic carbocycles. The molecule has 168 valence electrons. The molecule has 1 aromatic heterocycles. The lowest BCUT2D eigenvalue weighted by molar-refractivity contribution is -0.120. The third kappa shape index (κ3) is 5.51. The number of amides is 1. The molecular formula is C22H23ClN4O3S2. The van der Waals surface area contributed by atoms with E-state index in [1.807, 2.05) is 47.0 Å². The highest BCUT2D eigenvalue weighted by atomic mass is 35.5. The lowest BCUT2D eigenvalue weighted by Gasteiger charge is -2.23. The van der Waals surface area contributed by atoms with E-state index in [0.717, 1.165) is 17.1 Å². The summed E-state index contributed by atoms with van der Waals surface area (Å²) in [5.74, 6) is 0.691. The summed E-state index contributed by atoms with van der Waals surface area (Å²) in [6.45, 7) is 1.77. The van der Waals surface area contributed by atoms with Crippen molar-refractivity contribution in [2.24, 2.45) is 0 Å². The van der Waals surface area contributed by atoms with E-state index in [0.29, 0.717) is 23.0 Å². The van der Waals surface area contributed by atoms with E-state index in [9.17, 15) is 13.2 Å². The van der Waals surface area contributed by atoms with Crippen molar-refractivity contribution >= 4 is 39.1 Å². The summed E-state index contributed by atoms with van der Waals surface area (Å²) in [6, 6.07) is 17.3. The first-order valence-corrected chi connectivity index (χ1v) is 13.3. The largest absolute Gasteiger partial charge is 0.349 e. The molecule has 1 aliphatic rings. The fraction of sp³-hybridized carbons (Fsp3) is 0.318. The summed E-state index contributed by atoms with van der Waals surface area (Å²) in [4.78, 5) is 12.6. The van der Waals surface area contributed by atoms with Gasteiger partial charge in [0.1, 0.15) is 5.82 Å². The van der Waals surface area contributed by atoms with Gasteiger partial charge in [-0.25, -0.2) is 8.42 Å². The number of hydrogen-bond acceptors (Lipinski definition) is 6. The van der Waals surface area contributed by atoms with Crippen LogP contribution in [0.25, 0.3) is 5.69 Å². The van der Waals surface area contributed by atoms with Crippen LogP contribution in [-0.4, -0.2) is 51.9 Å². The molecule has 0 saturated carbocycles. The number of halogens is 1. The van der Waals surface area contributed by atoms with Gasteiger partial charge in [-0.2, -0.15) is 0 Å². The highest BCUT2D eigenvalue weighted by Crippen LogP contribution is 2.26. The summed E-state index contributed by atoms with van der Waals surface area (Å²) in [7, 11) is -3.10. The standard InChI is InChI=1S/C22H23ClN4O3S2/c1-22(11-12-32(29,30)15-22)24-20(28)14-31-21-26-25-19(13-16-5-3-2-4-6-16)27(21)18-9-7-17(23)8-10-18/h2-10H,11-15H2,1H3,(H,24,28)/t22-/m0/s1. The Labute approximate surface area is 196 Å². The average Bonchev–Trinajstić information content (AvgIpc) is 3.27. The smallest absolute Gasteiger partial charge is 0.230 e. The van der Waals surface area contributed by atoms with Crippen LogP contribution in [0.4, 0.5) is 0 Å². The summed E-state index contributed by atoms with van der Waals surface area (Å²) >= 11 is 7.32. The van der Waals surface area contributed by atoms with E-state index in [4.69, 9.17) is 11.6 Å². The second-order valence-electron chi connectivity index (χ2n) is 8.11. The molecule has 0 spiro atoms. The van der Waals surface area contributed by atoms with Gasteiger partial charge in [-0.1, -0.05) is 53.7 Å². The number of aromatic nitrogens is 3. The zero-order valence-electron chi connectivity index (χ0n) is 17.5. The molecule has 7 nitrogen and oxygen atoms in total. The van der Waals surface area contributed by atoms with Crippen LogP contribution in [0.2, 0.25) is 5.02 Å². The first-order chi connectivity index (χ1) is 15.2. The molecule has 4 rings (SSSR count). The molecule has 1 aliphatic heterocycles. The molecule has 3 aromatic rings. The lowest BCUT2D eigenvalue weighted by atomic mass is 10.0. The van der Waals surface area contributed by atoms with E-state index >= 15 is 0 Å². The van der Waals surface area contributed by atoms with Gasteiger partial charge in [0.25, 0.3) is 0 Å². The number of carbonyl (C=O) groups is 1. The van der Waals surface area contributed by atoms with Crippen LogP contribution < -0.4 is 5.32 Å². The molecule has 1 atom stereocenters. The Morgan fingerprint density at radius 3 is 2.53 bits per heavy atom. The normalized spacial score (nSPS) is 19.7. The number of nitrogens with zero attached hydrogens (tertiary/aromatic N) is 3. The van der Waals surface area contributed by atoms with Gasteiger partial charge in [0.15, 0.2) is 15.0 Å². The number of benzene rings is 2. The molecule has 32 heavy (non-hydrogen) atoms. The van der Waals surface area contributed by atoms with Gasteiger partial charge in [0, 0.05) is 17.1 Å². The number of sulfone groups is 1. The van der Waals surface area contributed by atoms with Crippen molar-refractivity contribution in [1.82, 2.24) is 20.1 Å². The molecule has 1 N–H and O–H groups in total. The third-order valence-electron chi connectivity index (χ3n) is 5.27. The van der Waals surface area contributed by atoms with E-state index in [2.05, 4.69) is 15.5 Å². The average molecular weight is 491 g/mol. The van der Waals surface area contributed by atoms with E-state index in [-0.39, 0.29) is 23.2 Å². The van der Waals surface area contributed by atoms with Gasteiger partial charge in [0.05, 0.1) is 22.8 Å². The van der Waals surface area contributed by atoms with Crippen molar-refractivity contribution in [3.63, 3.8) is 0 Å². The maximum absolute atomic E-state index is 12.6. The molecule has 0 bridgehead atoms. The number of nitrogens with one attached hydrogen (secondary N) is 1. The predicted molar refractivity (Wildman–Crippen MR) is 126 cm³/mol. The molecule has 1 amide bonds. The van der Waals surface area contributed by atoms with E-state index < -0.39 is 15.4 Å². The van der Waals surface area contributed by atoms with Crippen molar-refractivity contribution in [2.45, 2.75) is 30.5 Å². The Morgan fingerprint density at radius 1 is 1.16 bits per heavy atom. The fourth-order valence-electron chi connectivity index (χ4n) is 3.75. The van der Waals surface area contributed by atoms with Gasteiger partial charge in [-0.3, -0.25) is 9.36 Å². The molecule has 10 heteroatoms. The second-order valence-corrected chi connectivity index (χ2v) is 11.7. The number of rotatable bonds is 7. The topological polar surface area (TPSA) is 93.9 Å². The van der Waals surface area contributed by atoms with Crippen molar-refractivity contribution in [1.29, 1.82) is 0 Å². The summed E-state index contributed by atoms with van der Waals surface area (Å²) in [5.41, 5.74) is 1.22. The maximum Gasteiger partial charge on any atom is 0.230 e. The Morgan fingerprint density at radius 2 is 1.88 bits per heavy atom. The third-order valence-corrected chi connectivity index (χ3v) is 8.35. The zero-order valence-corrected chi connectivity index (χ0v) is 19.9. The van der Waals surface area contributed by atoms with E-state index in [1.165, 1.54) is 11.8 Å². The number of carbonyl (C=O) groups excluding carboxylic acids is 1. The summed E-state index contributed by atoms with van der Waals surface area (Å²) in [5, 5.41) is 12.8. The monoisotopic (exact) mass is 490 g/mol. The lowest BCUT2D eigenvalue weighted by Crippen LogP contribution is -2.47. The molecule has 0 radical (unpaired) electrons. The van der Waals surface area contributed by atoms with Gasteiger partial charge in [-0.15, -0.1) is 10.2 Å². The Balaban J connectivity index is 1.53. The Bertz CT molecular complexity index is 1210. The first-order valence-electron chi connectivity index (χ1n) is 10.1. The molecular weight excluding hydrogens is 468 g/mol. The van der Waals surface area contributed by atoms with Gasteiger partial charge >= 0.3 is 0 Å². The highest BCUT2D eigenvalue weighted by molar-refractivity contribution is 7.99. The minimum Gasteiger partial charge on any atom is -0.349 e. The van der Waals surface area contributed by atoms with Crippen LogP contribution in [0.1, 0.15) is 24.7 Å². The van der Waals surface area contributed by atoms with Crippen LogP contribution >= 0.6 is 23.4 Å². The highest BCUT2D eigenvalue weighted by Gasteiger charge is 2.39. The quantitative estimate of drug-likeness (QED) is 0.511. The first kappa shape index (κ1) is 22.8. The van der Waals surface area contributed by atoms with Crippen LogP contribution in [-0.2, 0) is 21.1 Å². The molecule has 0 unspecified atom stereocenters. The number of hydrogen-bond donors (Lipinski definition) is 1. The molecule has 1 fully saturated rings. The Hall–Kier alpha value is -2.36. The summed E-state index contributed by atoms with van der Waals surface area (Å²) in [6.07, 6.45) is 1.01. The van der Waals surface area contributed by atoms with Gasteiger partial charge in [-0.05, 0) is 43.2 Å². The maximum atomic E-state index is 12.6. The van der Waals surface area contributed by atoms with Gasteiger partial charge in [0.2, 0.25) is 5.91 Å². The van der Waals surface area contributed by atoms with Crippen molar-refractivity contribution < 1.29 is 13.2 Å². The van der Waals surface area contributed by atoms with Crippen LogP contribution in [0, 0.1) is 0 Å². The fourth-order valence-corrected chi connectivity index (χ4v) is 6.74. The minimum atomic E-state index is -3.10. The van der Waals surface area contributed by atoms with Crippen LogP contribution in [0.5, 0.6) is 0 Å². The SMILES string of the molecule is C[C@]1(NC(=O)CSc2nnc(Cc3ccccc3)n2-c2ccc(Cl)cc2)CCS(=O)(=O)C1. The molecule has 2 aromatic carbocycles. The predicted octanol–water partition coefficient (Wildman–Crippen LogP) is 3.30. The molecule has 2 heterocycles. The van der Waals surface area contributed by atoms with Crippen molar-refractivity contribution in [3.8, 4) is 5.69 Å². The second kappa shape index (κ2) is 9.25. The Kier molecular flexibility index (Phi) is 6.60. The number of thioether (sulfide) groups is 1. The van der Waals surface area contributed by atoms with Crippen LogP contribution in [0.3, 0.4) is 0 Å². The summed E-state index contributed by atoms with van der Waals surface area (Å²) < 4.78 is 25.5.